The number of rotatable bonds is 7. The highest BCUT2D eigenvalue weighted by Crippen LogP contribution is 2.50. The third-order valence-electron chi connectivity index (χ3n) is 6.00. The van der Waals surface area contributed by atoms with Crippen molar-refractivity contribution in [3.63, 3.8) is 0 Å². The number of nitrogens with zero attached hydrogens (tertiary/aromatic N) is 1. The van der Waals surface area contributed by atoms with E-state index in [-0.39, 0.29) is 40.1 Å². The first-order chi connectivity index (χ1) is 15.8. The minimum absolute atomic E-state index is 0.0492. The molecule has 1 N–H and O–H groups in total. The molecule has 2 aromatic rings. The molecular weight excluding hydrogens is 507 g/mol. The number of alkyl halides is 6. The second-order valence-corrected chi connectivity index (χ2v) is 9.21. The van der Waals surface area contributed by atoms with Crippen molar-refractivity contribution in [2.75, 3.05) is 18.0 Å². The number of anilines is 1. The van der Waals surface area contributed by atoms with Crippen molar-refractivity contribution in [3.8, 4) is 11.5 Å². The smallest absolute Gasteiger partial charge is 0.416 e. The summed E-state index contributed by atoms with van der Waals surface area (Å²) in [6.07, 6.45) is -11.5. The Morgan fingerprint density at radius 1 is 0.971 bits per heavy atom. The summed E-state index contributed by atoms with van der Waals surface area (Å²) in [5, 5.41) is 10.0. The Hall–Kier alpha value is -1.84. The average molecular weight is 530 g/mol. The summed E-state index contributed by atoms with van der Waals surface area (Å²) < 4.78 is 87.5. The summed E-state index contributed by atoms with van der Waals surface area (Å²) in [7, 11) is 0. The zero-order valence-electron chi connectivity index (χ0n) is 17.9. The highest BCUT2D eigenvalue weighted by Gasteiger charge is 2.55. The predicted molar refractivity (Wildman–Crippen MR) is 119 cm³/mol. The normalized spacial score (nSPS) is 17.3. The maximum Gasteiger partial charge on any atom is 0.416 e. The van der Waals surface area contributed by atoms with Crippen molar-refractivity contribution in [1.29, 1.82) is 0 Å². The summed E-state index contributed by atoms with van der Waals surface area (Å²) in [6.45, 7) is -1.77. The molecule has 1 saturated carbocycles. The lowest BCUT2D eigenvalue weighted by molar-refractivity contribution is -0.232. The molecule has 11 heteroatoms. The van der Waals surface area contributed by atoms with Crippen LogP contribution in [0.3, 0.4) is 0 Å². The van der Waals surface area contributed by atoms with Gasteiger partial charge in [-0.2, -0.15) is 26.3 Å². The zero-order chi connectivity index (χ0) is 25.1. The Bertz CT molecular complexity index is 977. The van der Waals surface area contributed by atoms with Crippen molar-refractivity contribution >= 4 is 28.9 Å². The Kier molecular flexibility index (Phi) is 8.20. The van der Waals surface area contributed by atoms with E-state index in [0.29, 0.717) is 19.3 Å². The Balaban J connectivity index is 1.96. The number of ether oxygens (including phenoxy) is 1. The van der Waals surface area contributed by atoms with E-state index in [1.807, 2.05) is 0 Å². The van der Waals surface area contributed by atoms with Gasteiger partial charge in [0.2, 0.25) is 0 Å². The van der Waals surface area contributed by atoms with E-state index in [0.717, 1.165) is 4.90 Å². The molecule has 0 spiro atoms. The van der Waals surface area contributed by atoms with Crippen LogP contribution < -0.4 is 9.64 Å². The van der Waals surface area contributed by atoms with Crippen LogP contribution in [0.5, 0.6) is 11.5 Å². The van der Waals surface area contributed by atoms with Gasteiger partial charge >= 0.3 is 12.4 Å². The number of hydrogen-bond donors (Lipinski definition) is 1. The lowest BCUT2D eigenvalue weighted by Crippen LogP contribution is -2.51. The van der Waals surface area contributed by atoms with Crippen LogP contribution in [0.1, 0.15) is 32.1 Å². The van der Waals surface area contributed by atoms with Gasteiger partial charge in [-0.1, -0.05) is 54.6 Å². The van der Waals surface area contributed by atoms with Gasteiger partial charge in [-0.25, -0.2) is 0 Å². The Morgan fingerprint density at radius 3 is 2.24 bits per heavy atom. The van der Waals surface area contributed by atoms with Gasteiger partial charge in [-0.15, -0.1) is 0 Å². The van der Waals surface area contributed by atoms with Gasteiger partial charge in [-0.05, 0) is 37.1 Å². The van der Waals surface area contributed by atoms with Crippen LogP contribution in [0.4, 0.5) is 32.0 Å². The molecule has 0 heterocycles. The maximum atomic E-state index is 14.1. The fraction of sp³-hybridized carbons (Fsp3) is 0.478. The molecule has 0 bridgehead atoms. The number of benzene rings is 2. The first-order valence-corrected chi connectivity index (χ1v) is 11.4. The van der Waals surface area contributed by atoms with Gasteiger partial charge in [0.1, 0.15) is 16.5 Å². The quantitative estimate of drug-likeness (QED) is 0.368. The first-order valence-electron chi connectivity index (χ1n) is 10.6. The van der Waals surface area contributed by atoms with E-state index in [2.05, 4.69) is 0 Å². The van der Waals surface area contributed by atoms with Gasteiger partial charge in [0.05, 0.1) is 17.0 Å². The molecule has 0 saturated heterocycles. The monoisotopic (exact) mass is 529 g/mol. The van der Waals surface area contributed by atoms with Crippen LogP contribution in [-0.2, 0) is 0 Å². The summed E-state index contributed by atoms with van der Waals surface area (Å²) in [4.78, 5) is 0.934. The van der Waals surface area contributed by atoms with E-state index in [4.69, 9.17) is 27.9 Å². The third-order valence-corrected chi connectivity index (χ3v) is 6.80. The van der Waals surface area contributed by atoms with Gasteiger partial charge in [0, 0.05) is 18.3 Å². The van der Waals surface area contributed by atoms with Crippen molar-refractivity contribution in [1.82, 2.24) is 0 Å². The number of hydrogen-bond acceptors (Lipinski definition) is 3. The molecule has 188 valence electrons. The van der Waals surface area contributed by atoms with Crippen molar-refractivity contribution in [2.24, 2.45) is 5.41 Å². The van der Waals surface area contributed by atoms with E-state index in [1.165, 1.54) is 36.4 Å². The molecule has 1 aliphatic carbocycles. The first kappa shape index (κ1) is 26.8. The molecule has 34 heavy (non-hydrogen) atoms. The minimum atomic E-state index is -4.99. The molecule has 0 amide bonds. The maximum absolute atomic E-state index is 14.1. The summed E-state index contributed by atoms with van der Waals surface area (Å²) in [5.41, 5.74) is -2.13. The lowest BCUT2D eigenvalue weighted by Gasteiger charge is -2.43. The van der Waals surface area contributed by atoms with Crippen LogP contribution in [0.25, 0.3) is 0 Å². The topological polar surface area (TPSA) is 32.7 Å². The minimum Gasteiger partial charge on any atom is -0.456 e. The summed E-state index contributed by atoms with van der Waals surface area (Å²) in [5.74, 6) is 0.310. The van der Waals surface area contributed by atoms with Crippen LogP contribution in [0, 0.1) is 5.41 Å². The molecule has 1 aliphatic rings. The van der Waals surface area contributed by atoms with Gasteiger partial charge < -0.3 is 14.7 Å². The second-order valence-electron chi connectivity index (χ2n) is 8.43. The molecule has 1 atom stereocenters. The molecule has 0 aliphatic heterocycles. The van der Waals surface area contributed by atoms with Crippen LogP contribution in [-0.4, -0.2) is 36.7 Å². The summed E-state index contributed by atoms with van der Waals surface area (Å²) >= 11 is 12.1. The van der Waals surface area contributed by atoms with E-state index >= 15 is 0 Å². The molecule has 3 nitrogen and oxygen atoms in total. The van der Waals surface area contributed by atoms with Crippen LogP contribution >= 0.6 is 23.2 Å². The fourth-order valence-corrected chi connectivity index (χ4v) is 4.46. The Morgan fingerprint density at radius 2 is 1.62 bits per heavy atom. The second kappa shape index (κ2) is 10.4. The molecular formula is C23H23Cl2F6NO2. The molecule has 0 aromatic heterocycles. The zero-order valence-corrected chi connectivity index (χ0v) is 19.4. The molecule has 3 rings (SSSR count). The predicted octanol–water partition coefficient (Wildman–Crippen LogP) is 8.03. The van der Waals surface area contributed by atoms with Crippen molar-refractivity contribution in [3.05, 3.63) is 52.5 Å². The largest absolute Gasteiger partial charge is 0.456 e. The standard InChI is InChI=1S/C23H23Cl2F6NO2/c24-17-8-5-9-18(20(17)25)34-16-7-4-6-15(12-16)32(13-19(33)22(26,27)28)14-21(23(29,30)31)10-2-1-3-11-21/h4-9,12,19,33H,1-3,10-11,13-14H2. The van der Waals surface area contributed by atoms with E-state index < -0.39 is 37.0 Å². The fourth-order valence-electron chi connectivity index (χ4n) is 4.13. The number of aliphatic hydroxyl groups is 1. The highest BCUT2D eigenvalue weighted by molar-refractivity contribution is 6.42. The number of aliphatic hydroxyl groups excluding tert-OH is 1. The van der Waals surface area contributed by atoms with E-state index in [1.54, 1.807) is 6.07 Å². The average Bonchev–Trinajstić information content (AvgIpc) is 2.76. The van der Waals surface area contributed by atoms with Gasteiger partial charge in [0.25, 0.3) is 0 Å². The lowest BCUT2D eigenvalue weighted by atomic mass is 9.73. The van der Waals surface area contributed by atoms with E-state index in [9.17, 15) is 31.4 Å². The molecule has 1 fully saturated rings. The molecule has 1 unspecified atom stereocenters. The van der Waals surface area contributed by atoms with Gasteiger partial charge in [0.15, 0.2) is 6.10 Å². The summed E-state index contributed by atoms with van der Waals surface area (Å²) in [6, 6.07) is 10.3. The third kappa shape index (κ3) is 6.23. The van der Waals surface area contributed by atoms with Crippen molar-refractivity contribution in [2.45, 2.75) is 50.6 Å². The SMILES string of the molecule is OC(CN(CC1(C(F)(F)F)CCCCC1)c1cccc(Oc2cccc(Cl)c2Cl)c1)C(F)(F)F. The Labute approximate surface area is 203 Å². The van der Waals surface area contributed by atoms with Crippen molar-refractivity contribution < 1.29 is 36.2 Å². The van der Waals surface area contributed by atoms with Crippen LogP contribution in [0.15, 0.2) is 42.5 Å². The molecule has 2 aromatic carbocycles. The molecule has 0 radical (unpaired) electrons. The van der Waals surface area contributed by atoms with Gasteiger partial charge in [-0.3, -0.25) is 0 Å². The highest BCUT2D eigenvalue weighted by atomic mass is 35.5. The van der Waals surface area contributed by atoms with Crippen LogP contribution in [0.2, 0.25) is 10.0 Å². The number of halogens is 8.